The number of thiophene rings is 1. The lowest BCUT2D eigenvalue weighted by molar-refractivity contribution is -0.129. The van der Waals surface area contributed by atoms with Gasteiger partial charge in [0.25, 0.3) is 0 Å². The summed E-state index contributed by atoms with van der Waals surface area (Å²) in [6, 6.07) is 3.84. The molecule has 1 aliphatic rings. The lowest BCUT2D eigenvalue weighted by atomic mass is 9.96. The van der Waals surface area contributed by atoms with Crippen LogP contribution in [0, 0.1) is 13.8 Å². The minimum absolute atomic E-state index is 0.0479. The Morgan fingerprint density at radius 3 is 2.68 bits per heavy atom. The molecule has 0 radical (unpaired) electrons. The molecule has 0 N–H and O–H groups in total. The van der Waals surface area contributed by atoms with Crippen LogP contribution in [0.2, 0.25) is 0 Å². The van der Waals surface area contributed by atoms with Gasteiger partial charge in [-0.15, -0.1) is 11.3 Å². The number of hydrogen-bond acceptors (Lipinski definition) is 4. The monoisotopic (exact) mass is 317 g/mol. The number of esters is 1. The number of hydrogen-bond donors (Lipinski definition) is 0. The van der Waals surface area contributed by atoms with Crippen LogP contribution in [-0.2, 0) is 9.53 Å². The first-order valence-electron chi connectivity index (χ1n) is 7.55. The SMILES string of the molecule is Cc1sc(-n2cccc2)c(C(=O)O[C@@H]2CCCCC2=O)c1C. The lowest BCUT2D eigenvalue weighted by Crippen LogP contribution is -2.30. The summed E-state index contributed by atoms with van der Waals surface area (Å²) in [5, 5.41) is 0.855. The van der Waals surface area contributed by atoms with Gasteiger partial charge in [-0.2, -0.15) is 0 Å². The van der Waals surface area contributed by atoms with Crippen LogP contribution in [0.5, 0.6) is 0 Å². The zero-order valence-corrected chi connectivity index (χ0v) is 13.6. The fraction of sp³-hybridized carbons (Fsp3) is 0.412. The van der Waals surface area contributed by atoms with Gasteiger partial charge in [0.05, 0.1) is 5.56 Å². The predicted octanol–water partition coefficient (Wildman–Crippen LogP) is 3.82. The van der Waals surface area contributed by atoms with E-state index in [2.05, 4.69) is 0 Å². The number of ether oxygens (including phenoxy) is 1. The minimum atomic E-state index is -0.571. The molecule has 0 unspecified atom stereocenters. The van der Waals surface area contributed by atoms with Crippen LogP contribution < -0.4 is 0 Å². The van der Waals surface area contributed by atoms with E-state index < -0.39 is 6.10 Å². The molecule has 116 valence electrons. The second kappa shape index (κ2) is 6.08. The molecule has 3 rings (SSSR count). The Labute approximate surface area is 133 Å². The van der Waals surface area contributed by atoms with Gasteiger partial charge in [0, 0.05) is 23.7 Å². The molecule has 1 fully saturated rings. The Morgan fingerprint density at radius 2 is 2.00 bits per heavy atom. The molecule has 2 aromatic heterocycles. The van der Waals surface area contributed by atoms with Crippen molar-refractivity contribution in [2.24, 2.45) is 0 Å². The highest BCUT2D eigenvalue weighted by atomic mass is 32.1. The molecule has 1 saturated carbocycles. The highest BCUT2D eigenvalue weighted by Crippen LogP contribution is 2.32. The van der Waals surface area contributed by atoms with Crippen molar-refractivity contribution >= 4 is 23.1 Å². The average molecular weight is 317 g/mol. The van der Waals surface area contributed by atoms with Crippen LogP contribution in [0.3, 0.4) is 0 Å². The van der Waals surface area contributed by atoms with Gasteiger partial charge in [0.15, 0.2) is 11.9 Å². The molecule has 0 bridgehead atoms. The average Bonchev–Trinajstić information content (AvgIpc) is 3.11. The van der Waals surface area contributed by atoms with Crippen molar-refractivity contribution in [3.05, 3.63) is 40.5 Å². The van der Waals surface area contributed by atoms with Crippen LogP contribution >= 0.6 is 11.3 Å². The maximum absolute atomic E-state index is 12.6. The number of nitrogens with zero attached hydrogens (tertiary/aromatic N) is 1. The Balaban J connectivity index is 1.90. The summed E-state index contributed by atoms with van der Waals surface area (Å²) in [5.41, 5.74) is 1.51. The topological polar surface area (TPSA) is 48.3 Å². The standard InChI is InChI=1S/C17H19NO3S/c1-11-12(2)22-16(18-9-5-6-10-18)15(11)17(20)21-14-8-4-3-7-13(14)19/h5-6,9-10,14H,3-4,7-8H2,1-2H3/t14-/m1/s1. The fourth-order valence-electron chi connectivity index (χ4n) is 2.76. The van der Waals surface area contributed by atoms with Gasteiger partial charge >= 0.3 is 5.97 Å². The zero-order chi connectivity index (χ0) is 15.7. The highest BCUT2D eigenvalue weighted by molar-refractivity contribution is 7.15. The lowest BCUT2D eigenvalue weighted by Gasteiger charge is -2.21. The van der Waals surface area contributed by atoms with E-state index in [1.807, 2.05) is 42.9 Å². The molecule has 0 aromatic carbocycles. The van der Waals surface area contributed by atoms with Crippen LogP contribution in [0.15, 0.2) is 24.5 Å². The molecule has 5 heteroatoms. The van der Waals surface area contributed by atoms with Gasteiger partial charge in [-0.25, -0.2) is 4.79 Å². The molecule has 0 amide bonds. The van der Waals surface area contributed by atoms with Crippen LogP contribution in [0.1, 0.15) is 46.5 Å². The van der Waals surface area contributed by atoms with Gasteiger partial charge in [0.1, 0.15) is 5.00 Å². The Kier molecular flexibility index (Phi) is 4.16. The molecule has 0 aliphatic heterocycles. The first-order chi connectivity index (χ1) is 10.6. The summed E-state index contributed by atoms with van der Waals surface area (Å²) in [6.45, 7) is 3.92. The fourth-order valence-corrected chi connectivity index (χ4v) is 3.88. The van der Waals surface area contributed by atoms with Crippen molar-refractivity contribution < 1.29 is 14.3 Å². The van der Waals surface area contributed by atoms with Crippen LogP contribution in [0.4, 0.5) is 0 Å². The van der Waals surface area contributed by atoms with Crippen molar-refractivity contribution in [1.82, 2.24) is 4.57 Å². The highest BCUT2D eigenvalue weighted by Gasteiger charge is 2.29. The van der Waals surface area contributed by atoms with E-state index >= 15 is 0 Å². The molecule has 2 aromatic rings. The Morgan fingerprint density at radius 1 is 1.27 bits per heavy atom. The number of aryl methyl sites for hydroxylation is 1. The molecule has 0 spiro atoms. The van der Waals surface area contributed by atoms with E-state index in [0.717, 1.165) is 28.3 Å². The molecule has 0 saturated heterocycles. The van der Waals surface area contributed by atoms with Gasteiger partial charge in [-0.1, -0.05) is 0 Å². The van der Waals surface area contributed by atoms with E-state index in [4.69, 9.17) is 4.74 Å². The molecular formula is C17H19NO3S. The summed E-state index contributed by atoms with van der Waals surface area (Å²) in [7, 11) is 0. The quantitative estimate of drug-likeness (QED) is 0.809. The summed E-state index contributed by atoms with van der Waals surface area (Å²) in [6.07, 6.45) is 6.25. The molecule has 1 atom stereocenters. The Hall–Kier alpha value is -1.88. The van der Waals surface area contributed by atoms with Gasteiger partial charge in [0.2, 0.25) is 0 Å². The zero-order valence-electron chi connectivity index (χ0n) is 12.8. The first-order valence-corrected chi connectivity index (χ1v) is 8.36. The number of carbonyl (C=O) groups is 2. The number of carbonyl (C=O) groups excluding carboxylic acids is 2. The third-order valence-corrected chi connectivity index (χ3v) is 5.38. The number of Topliss-reactive ketones (excluding diaryl/α,β-unsaturated/α-hetero) is 1. The predicted molar refractivity (Wildman–Crippen MR) is 85.8 cm³/mol. The normalized spacial score (nSPS) is 18.5. The summed E-state index contributed by atoms with van der Waals surface area (Å²) < 4.78 is 7.45. The second-order valence-corrected chi connectivity index (χ2v) is 6.86. The summed E-state index contributed by atoms with van der Waals surface area (Å²) in [4.78, 5) is 25.6. The molecule has 4 nitrogen and oxygen atoms in total. The maximum Gasteiger partial charge on any atom is 0.342 e. The van der Waals surface area contributed by atoms with Crippen molar-refractivity contribution in [2.45, 2.75) is 45.6 Å². The first kappa shape index (κ1) is 15.0. The van der Waals surface area contributed by atoms with E-state index in [-0.39, 0.29) is 11.8 Å². The Bertz CT molecular complexity index is 700. The third kappa shape index (κ3) is 2.73. The minimum Gasteiger partial charge on any atom is -0.451 e. The van der Waals surface area contributed by atoms with Crippen molar-refractivity contribution in [1.29, 1.82) is 0 Å². The van der Waals surface area contributed by atoms with E-state index in [9.17, 15) is 9.59 Å². The van der Waals surface area contributed by atoms with Crippen molar-refractivity contribution in [3.8, 4) is 5.00 Å². The summed E-state index contributed by atoms with van der Waals surface area (Å²) in [5.74, 6) is -0.336. The third-order valence-electron chi connectivity index (χ3n) is 4.16. The molecule has 2 heterocycles. The largest absolute Gasteiger partial charge is 0.451 e. The molecular weight excluding hydrogens is 298 g/mol. The number of ketones is 1. The van der Waals surface area contributed by atoms with Crippen LogP contribution in [-0.4, -0.2) is 22.4 Å². The van der Waals surface area contributed by atoms with E-state index in [0.29, 0.717) is 18.4 Å². The van der Waals surface area contributed by atoms with Crippen LogP contribution in [0.25, 0.3) is 5.00 Å². The van der Waals surface area contributed by atoms with E-state index in [1.54, 1.807) is 11.3 Å². The second-order valence-electron chi connectivity index (χ2n) is 5.66. The van der Waals surface area contributed by atoms with Gasteiger partial charge < -0.3 is 9.30 Å². The smallest absolute Gasteiger partial charge is 0.342 e. The van der Waals surface area contributed by atoms with Crippen molar-refractivity contribution in [2.75, 3.05) is 0 Å². The number of aromatic nitrogens is 1. The number of rotatable bonds is 3. The molecule has 22 heavy (non-hydrogen) atoms. The summed E-state index contributed by atoms with van der Waals surface area (Å²) >= 11 is 1.57. The van der Waals surface area contributed by atoms with E-state index in [1.165, 1.54) is 0 Å². The van der Waals surface area contributed by atoms with Gasteiger partial charge in [-0.05, 0) is 50.8 Å². The molecule has 1 aliphatic carbocycles. The maximum atomic E-state index is 12.6. The van der Waals surface area contributed by atoms with Gasteiger partial charge in [-0.3, -0.25) is 4.79 Å². The van der Waals surface area contributed by atoms with Crippen molar-refractivity contribution in [3.63, 3.8) is 0 Å².